The first kappa shape index (κ1) is 29.5. The minimum atomic E-state index is -3.92. The summed E-state index contributed by atoms with van der Waals surface area (Å²) in [5.74, 6) is -1.04. The maximum atomic E-state index is 13.5. The molecule has 0 aromatic heterocycles. The summed E-state index contributed by atoms with van der Waals surface area (Å²) in [6.07, 6.45) is 0.964. The Balaban J connectivity index is 2.47. The molecule has 1 N–H and O–H groups in total. The van der Waals surface area contributed by atoms with Crippen LogP contribution in [-0.2, 0) is 26.2 Å². The molecule has 0 unspecified atom stereocenters. The van der Waals surface area contributed by atoms with Crippen LogP contribution in [0, 0.1) is 0 Å². The number of amides is 2. The third-order valence-electron chi connectivity index (χ3n) is 4.84. The lowest BCUT2D eigenvalue weighted by atomic mass is 10.1. The van der Waals surface area contributed by atoms with Crippen LogP contribution in [0.5, 0.6) is 0 Å². The van der Waals surface area contributed by atoms with E-state index in [2.05, 4.69) is 5.32 Å². The number of carbonyl (C=O) groups excluding carboxylic acids is 2. The van der Waals surface area contributed by atoms with E-state index in [0.717, 1.165) is 10.6 Å². The Hall–Kier alpha value is -1.71. The van der Waals surface area contributed by atoms with Crippen LogP contribution in [0.1, 0.15) is 33.3 Å². The molecule has 0 aliphatic heterocycles. The van der Waals surface area contributed by atoms with Gasteiger partial charge in [-0.25, -0.2) is 8.42 Å². The smallest absolute Gasteiger partial charge is 0.244 e. The van der Waals surface area contributed by atoms with Gasteiger partial charge >= 0.3 is 0 Å². The van der Waals surface area contributed by atoms with Crippen LogP contribution in [0.25, 0.3) is 0 Å². The molecule has 35 heavy (non-hydrogen) atoms. The van der Waals surface area contributed by atoms with Crippen molar-refractivity contribution in [2.24, 2.45) is 0 Å². The van der Waals surface area contributed by atoms with E-state index in [4.69, 9.17) is 46.4 Å². The molecule has 0 aliphatic carbocycles. The molecule has 7 nitrogen and oxygen atoms in total. The standard InChI is InChI=1S/C23H27Cl4N3O4S/c1-14(22(32)28-23(2,3)4)29(12-15-6-7-16(24)11-20(15)27)21(31)13-30(35(5,33)34)19-9-17(25)8-18(26)10-19/h6-11,14H,12-13H2,1-5H3,(H,28,32)/t14-/m0/s1. The Labute approximate surface area is 226 Å². The van der Waals surface area contributed by atoms with Gasteiger partial charge in [-0.1, -0.05) is 52.5 Å². The Morgan fingerprint density at radius 1 is 0.971 bits per heavy atom. The Morgan fingerprint density at radius 2 is 1.54 bits per heavy atom. The van der Waals surface area contributed by atoms with Crippen molar-refractivity contribution >= 4 is 73.9 Å². The van der Waals surface area contributed by atoms with Gasteiger partial charge in [-0.15, -0.1) is 0 Å². The van der Waals surface area contributed by atoms with E-state index in [1.165, 1.54) is 29.2 Å². The molecule has 0 bridgehead atoms. The molecule has 2 aromatic rings. The molecule has 0 heterocycles. The summed E-state index contributed by atoms with van der Waals surface area (Å²) in [6.45, 7) is 6.36. The van der Waals surface area contributed by atoms with Crippen LogP contribution >= 0.6 is 46.4 Å². The third kappa shape index (κ3) is 8.72. The van der Waals surface area contributed by atoms with E-state index in [9.17, 15) is 18.0 Å². The number of nitrogens with one attached hydrogen (secondary N) is 1. The Morgan fingerprint density at radius 3 is 2.03 bits per heavy atom. The Bertz CT molecular complexity index is 1200. The van der Waals surface area contributed by atoms with Crippen LogP contribution in [0.15, 0.2) is 36.4 Å². The SMILES string of the molecule is C[C@@H](C(=O)NC(C)(C)C)N(Cc1ccc(Cl)cc1Cl)C(=O)CN(c1cc(Cl)cc(Cl)c1)S(C)(=O)=O. The van der Waals surface area contributed by atoms with Crippen molar-refractivity contribution in [3.8, 4) is 0 Å². The summed E-state index contributed by atoms with van der Waals surface area (Å²) in [5, 5.41) is 3.97. The van der Waals surface area contributed by atoms with Crippen LogP contribution in [0.4, 0.5) is 5.69 Å². The predicted octanol–water partition coefficient (Wildman–Crippen LogP) is 5.40. The van der Waals surface area contributed by atoms with E-state index in [-0.39, 0.29) is 22.3 Å². The van der Waals surface area contributed by atoms with Gasteiger partial charge in [0, 0.05) is 32.2 Å². The van der Waals surface area contributed by atoms with Gasteiger partial charge in [0.15, 0.2) is 0 Å². The maximum absolute atomic E-state index is 13.5. The lowest BCUT2D eigenvalue weighted by molar-refractivity contribution is -0.140. The highest BCUT2D eigenvalue weighted by molar-refractivity contribution is 7.92. The minimum absolute atomic E-state index is 0.0541. The van der Waals surface area contributed by atoms with Crippen LogP contribution in [-0.4, -0.2) is 49.5 Å². The number of benzene rings is 2. The van der Waals surface area contributed by atoms with Crippen molar-refractivity contribution in [3.63, 3.8) is 0 Å². The molecule has 0 spiro atoms. The van der Waals surface area contributed by atoms with Crippen LogP contribution in [0.3, 0.4) is 0 Å². The number of halogens is 4. The van der Waals surface area contributed by atoms with Gasteiger partial charge in [0.2, 0.25) is 21.8 Å². The topological polar surface area (TPSA) is 86.8 Å². The zero-order valence-corrected chi connectivity index (χ0v) is 23.7. The van der Waals surface area contributed by atoms with E-state index in [1.807, 2.05) is 20.8 Å². The lowest BCUT2D eigenvalue weighted by Crippen LogP contribution is -2.54. The molecule has 0 saturated heterocycles. The first-order chi connectivity index (χ1) is 16.0. The van der Waals surface area contributed by atoms with Crippen molar-refractivity contribution in [3.05, 3.63) is 62.1 Å². The second-order valence-corrected chi connectivity index (χ2v) is 12.7. The highest BCUT2D eigenvalue weighted by atomic mass is 35.5. The number of hydrogen-bond donors (Lipinski definition) is 1. The van der Waals surface area contributed by atoms with Gasteiger partial charge < -0.3 is 10.2 Å². The summed E-state index contributed by atoms with van der Waals surface area (Å²) in [5.41, 5.74) is 0.111. The molecule has 0 fully saturated rings. The molecular weight excluding hydrogens is 556 g/mol. The second kappa shape index (κ2) is 11.6. The fourth-order valence-corrected chi connectivity index (χ4v) is 5.00. The van der Waals surface area contributed by atoms with Gasteiger partial charge in [0.25, 0.3) is 0 Å². The van der Waals surface area contributed by atoms with Crippen LogP contribution in [0.2, 0.25) is 20.1 Å². The monoisotopic (exact) mass is 581 g/mol. The van der Waals surface area contributed by atoms with E-state index in [1.54, 1.807) is 19.1 Å². The fraction of sp³-hybridized carbons (Fsp3) is 0.391. The number of carbonyl (C=O) groups is 2. The molecule has 0 aliphatic rings. The first-order valence-electron chi connectivity index (χ1n) is 10.5. The molecule has 192 valence electrons. The minimum Gasteiger partial charge on any atom is -0.350 e. The van der Waals surface area contributed by atoms with Crippen molar-refractivity contribution in [1.29, 1.82) is 0 Å². The summed E-state index contributed by atoms with van der Waals surface area (Å²) in [4.78, 5) is 27.8. The highest BCUT2D eigenvalue weighted by Gasteiger charge is 2.32. The maximum Gasteiger partial charge on any atom is 0.244 e. The first-order valence-corrected chi connectivity index (χ1v) is 13.8. The summed E-state index contributed by atoms with van der Waals surface area (Å²) in [7, 11) is -3.92. The van der Waals surface area contributed by atoms with E-state index in [0.29, 0.717) is 15.6 Å². The molecule has 1 atom stereocenters. The summed E-state index contributed by atoms with van der Waals surface area (Å²) < 4.78 is 26.1. The van der Waals surface area contributed by atoms with Gasteiger partial charge in [-0.2, -0.15) is 0 Å². The molecule has 0 saturated carbocycles. The van der Waals surface area contributed by atoms with Crippen molar-refractivity contribution in [1.82, 2.24) is 10.2 Å². The average molecular weight is 583 g/mol. The third-order valence-corrected chi connectivity index (χ3v) is 7.00. The number of hydrogen-bond acceptors (Lipinski definition) is 4. The summed E-state index contributed by atoms with van der Waals surface area (Å²) in [6, 6.07) is 8.06. The number of anilines is 1. The molecule has 2 rings (SSSR count). The van der Waals surface area contributed by atoms with Crippen molar-refractivity contribution < 1.29 is 18.0 Å². The largest absolute Gasteiger partial charge is 0.350 e. The highest BCUT2D eigenvalue weighted by Crippen LogP contribution is 2.28. The normalized spacial score (nSPS) is 12.7. The molecule has 12 heteroatoms. The zero-order chi connectivity index (χ0) is 26.7. The van der Waals surface area contributed by atoms with Gasteiger partial charge in [-0.3, -0.25) is 13.9 Å². The van der Waals surface area contributed by atoms with Gasteiger partial charge in [-0.05, 0) is 63.6 Å². The zero-order valence-electron chi connectivity index (χ0n) is 19.9. The summed E-state index contributed by atoms with van der Waals surface area (Å²) >= 11 is 24.4. The molecule has 2 amide bonds. The van der Waals surface area contributed by atoms with Crippen molar-refractivity contribution in [2.45, 2.75) is 45.8 Å². The predicted molar refractivity (Wildman–Crippen MR) is 143 cm³/mol. The number of nitrogens with zero attached hydrogens (tertiary/aromatic N) is 2. The fourth-order valence-electron chi connectivity index (χ4n) is 3.19. The van der Waals surface area contributed by atoms with Crippen LogP contribution < -0.4 is 9.62 Å². The molecular formula is C23H27Cl4N3O4S. The number of rotatable bonds is 8. The Kier molecular flexibility index (Phi) is 9.75. The van der Waals surface area contributed by atoms with Gasteiger partial charge in [0.05, 0.1) is 11.9 Å². The van der Waals surface area contributed by atoms with E-state index < -0.39 is 40.0 Å². The second-order valence-electron chi connectivity index (χ2n) is 9.07. The average Bonchev–Trinajstić information content (AvgIpc) is 2.67. The van der Waals surface area contributed by atoms with Crippen molar-refractivity contribution in [2.75, 3.05) is 17.1 Å². The molecule has 2 aromatic carbocycles. The lowest BCUT2D eigenvalue weighted by Gasteiger charge is -2.33. The number of sulfonamides is 1. The quantitative estimate of drug-likeness (QED) is 0.451. The van der Waals surface area contributed by atoms with E-state index >= 15 is 0 Å². The van der Waals surface area contributed by atoms with Gasteiger partial charge in [0.1, 0.15) is 12.6 Å². The molecule has 0 radical (unpaired) electrons.